The van der Waals surface area contributed by atoms with E-state index in [1.165, 1.54) is 0 Å². The van der Waals surface area contributed by atoms with Crippen molar-refractivity contribution < 1.29 is 4.74 Å². The van der Waals surface area contributed by atoms with Gasteiger partial charge in [0.2, 0.25) is 0 Å². The lowest BCUT2D eigenvalue weighted by molar-refractivity contribution is 0.300. The number of benzene rings is 1. The molecule has 3 rings (SSSR count). The van der Waals surface area contributed by atoms with Crippen LogP contribution in [0.15, 0.2) is 36.7 Å². The number of nitrogens with zero attached hydrogens (tertiary/aromatic N) is 4. The Morgan fingerprint density at radius 3 is 2.86 bits per heavy atom. The fourth-order valence-electron chi connectivity index (χ4n) is 2.47. The molecule has 3 aromatic rings. The third kappa shape index (κ3) is 2.77. The van der Waals surface area contributed by atoms with Gasteiger partial charge in [0.25, 0.3) is 0 Å². The van der Waals surface area contributed by atoms with Crippen LogP contribution >= 0.6 is 0 Å². The van der Waals surface area contributed by atoms with E-state index in [0.717, 1.165) is 41.9 Å². The highest BCUT2D eigenvalue weighted by molar-refractivity contribution is 5.81. The molecule has 5 nitrogen and oxygen atoms in total. The van der Waals surface area contributed by atoms with E-state index in [1.807, 2.05) is 27.7 Å². The summed E-state index contributed by atoms with van der Waals surface area (Å²) in [7, 11) is 0. The maximum atomic E-state index is 5.83. The molecule has 0 unspecified atom stereocenters. The second-order valence-corrected chi connectivity index (χ2v) is 5.01. The van der Waals surface area contributed by atoms with Crippen molar-refractivity contribution in [3.8, 4) is 5.75 Å². The van der Waals surface area contributed by atoms with Gasteiger partial charge in [-0.05, 0) is 19.4 Å². The van der Waals surface area contributed by atoms with Gasteiger partial charge in [-0.25, -0.2) is 0 Å². The minimum absolute atomic E-state index is 0.464. The van der Waals surface area contributed by atoms with Crippen molar-refractivity contribution in [2.24, 2.45) is 0 Å². The van der Waals surface area contributed by atoms with Gasteiger partial charge < -0.3 is 4.74 Å². The first-order chi connectivity index (χ1) is 10.3. The zero-order valence-electron chi connectivity index (χ0n) is 12.5. The first-order valence-corrected chi connectivity index (χ1v) is 7.41. The minimum atomic E-state index is 0.464. The van der Waals surface area contributed by atoms with E-state index in [2.05, 4.69) is 36.2 Å². The molecule has 0 amide bonds. The summed E-state index contributed by atoms with van der Waals surface area (Å²) in [5.41, 5.74) is 2.12. The third-order valence-electron chi connectivity index (χ3n) is 3.47. The molecule has 0 aliphatic carbocycles. The SMILES string of the molecule is CCCn1cc(OCc2nn(CC)c3ccccc23)cn1. The largest absolute Gasteiger partial charge is 0.484 e. The monoisotopic (exact) mass is 284 g/mol. The van der Waals surface area contributed by atoms with Crippen LogP contribution < -0.4 is 4.74 Å². The van der Waals surface area contributed by atoms with Gasteiger partial charge in [-0.15, -0.1) is 0 Å². The Balaban J connectivity index is 1.78. The molecule has 21 heavy (non-hydrogen) atoms. The third-order valence-corrected chi connectivity index (χ3v) is 3.47. The molecule has 1 aromatic carbocycles. The molecule has 5 heteroatoms. The van der Waals surface area contributed by atoms with Crippen molar-refractivity contribution >= 4 is 10.9 Å². The van der Waals surface area contributed by atoms with E-state index >= 15 is 0 Å². The maximum Gasteiger partial charge on any atom is 0.157 e. The Hall–Kier alpha value is -2.30. The van der Waals surface area contributed by atoms with Gasteiger partial charge in [0.05, 0.1) is 17.9 Å². The molecule has 0 fully saturated rings. The average Bonchev–Trinajstić information content (AvgIpc) is 3.10. The predicted molar refractivity (Wildman–Crippen MR) is 82.3 cm³/mol. The smallest absolute Gasteiger partial charge is 0.157 e. The Kier molecular flexibility index (Phi) is 3.90. The predicted octanol–water partition coefficient (Wildman–Crippen LogP) is 3.24. The number of aryl methyl sites for hydroxylation is 2. The molecular weight excluding hydrogens is 264 g/mol. The van der Waals surface area contributed by atoms with E-state index in [4.69, 9.17) is 4.74 Å². The number of aromatic nitrogens is 4. The molecule has 0 saturated heterocycles. The van der Waals surface area contributed by atoms with Gasteiger partial charge in [-0.1, -0.05) is 25.1 Å². The van der Waals surface area contributed by atoms with Crippen LogP contribution in [0.5, 0.6) is 5.75 Å². The number of ether oxygens (including phenoxy) is 1. The number of para-hydroxylation sites is 1. The van der Waals surface area contributed by atoms with Gasteiger partial charge in [-0.2, -0.15) is 10.2 Å². The summed E-state index contributed by atoms with van der Waals surface area (Å²) in [4.78, 5) is 0. The number of hydrogen-bond donors (Lipinski definition) is 0. The van der Waals surface area contributed by atoms with E-state index in [0.29, 0.717) is 6.61 Å². The van der Waals surface area contributed by atoms with Gasteiger partial charge in [-0.3, -0.25) is 9.36 Å². The number of rotatable bonds is 6. The van der Waals surface area contributed by atoms with Crippen LogP contribution in [0.1, 0.15) is 26.0 Å². The Labute approximate surface area is 124 Å². The summed E-state index contributed by atoms with van der Waals surface area (Å²) >= 11 is 0. The van der Waals surface area contributed by atoms with Gasteiger partial charge in [0.15, 0.2) is 5.75 Å². The van der Waals surface area contributed by atoms with E-state index in [1.54, 1.807) is 6.20 Å². The molecule has 0 saturated carbocycles. The summed E-state index contributed by atoms with van der Waals surface area (Å²) in [5.74, 6) is 0.790. The molecule has 2 heterocycles. The highest BCUT2D eigenvalue weighted by Gasteiger charge is 2.10. The van der Waals surface area contributed by atoms with Crippen LogP contribution in [0.2, 0.25) is 0 Å². The van der Waals surface area contributed by atoms with Crippen molar-refractivity contribution in [1.29, 1.82) is 0 Å². The van der Waals surface area contributed by atoms with Crippen molar-refractivity contribution in [1.82, 2.24) is 19.6 Å². The van der Waals surface area contributed by atoms with Crippen LogP contribution in [-0.2, 0) is 19.7 Å². The zero-order chi connectivity index (χ0) is 14.7. The van der Waals surface area contributed by atoms with E-state index in [-0.39, 0.29) is 0 Å². The van der Waals surface area contributed by atoms with Gasteiger partial charge in [0, 0.05) is 18.5 Å². The van der Waals surface area contributed by atoms with E-state index < -0.39 is 0 Å². The lowest BCUT2D eigenvalue weighted by atomic mass is 10.2. The van der Waals surface area contributed by atoms with Gasteiger partial charge in [0.1, 0.15) is 12.3 Å². The highest BCUT2D eigenvalue weighted by atomic mass is 16.5. The van der Waals surface area contributed by atoms with Crippen LogP contribution in [0, 0.1) is 0 Å². The minimum Gasteiger partial charge on any atom is -0.484 e. The lowest BCUT2D eigenvalue weighted by Gasteiger charge is -2.01. The molecule has 0 aliphatic heterocycles. The summed E-state index contributed by atoms with van der Waals surface area (Å²) in [6.45, 7) is 6.46. The fourth-order valence-corrected chi connectivity index (χ4v) is 2.47. The van der Waals surface area contributed by atoms with Crippen LogP contribution in [0.25, 0.3) is 10.9 Å². The van der Waals surface area contributed by atoms with E-state index in [9.17, 15) is 0 Å². The van der Waals surface area contributed by atoms with Gasteiger partial charge >= 0.3 is 0 Å². The molecule has 110 valence electrons. The molecule has 0 N–H and O–H groups in total. The van der Waals surface area contributed by atoms with Crippen molar-refractivity contribution in [3.63, 3.8) is 0 Å². The summed E-state index contributed by atoms with van der Waals surface area (Å²) in [6.07, 6.45) is 4.75. The molecular formula is C16H20N4O. The maximum absolute atomic E-state index is 5.83. The standard InChI is InChI=1S/C16H20N4O/c1-3-9-19-11-13(10-17-19)21-12-15-14-7-5-6-8-16(14)20(4-2)18-15/h5-8,10-11H,3-4,9,12H2,1-2H3. The molecule has 0 aliphatic rings. The quantitative estimate of drug-likeness (QED) is 0.698. The Morgan fingerprint density at radius 2 is 2.05 bits per heavy atom. The molecule has 0 atom stereocenters. The Morgan fingerprint density at radius 1 is 1.19 bits per heavy atom. The highest BCUT2D eigenvalue weighted by Crippen LogP contribution is 2.20. The summed E-state index contributed by atoms with van der Waals surface area (Å²) in [6, 6.07) is 8.25. The fraction of sp³-hybridized carbons (Fsp3) is 0.375. The van der Waals surface area contributed by atoms with Crippen molar-refractivity contribution in [2.75, 3.05) is 0 Å². The van der Waals surface area contributed by atoms with Crippen LogP contribution in [-0.4, -0.2) is 19.6 Å². The summed E-state index contributed by atoms with van der Waals surface area (Å²) < 4.78 is 9.74. The summed E-state index contributed by atoms with van der Waals surface area (Å²) in [5, 5.41) is 10.1. The average molecular weight is 284 g/mol. The van der Waals surface area contributed by atoms with Crippen LogP contribution in [0.3, 0.4) is 0 Å². The van der Waals surface area contributed by atoms with Crippen molar-refractivity contribution in [3.05, 3.63) is 42.4 Å². The van der Waals surface area contributed by atoms with Crippen molar-refractivity contribution in [2.45, 2.75) is 40.0 Å². The second-order valence-electron chi connectivity index (χ2n) is 5.01. The second kappa shape index (κ2) is 5.99. The molecule has 0 bridgehead atoms. The molecule has 0 radical (unpaired) electrons. The normalized spacial score (nSPS) is 11.1. The van der Waals surface area contributed by atoms with Crippen LogP contribution in [0.4, 0.5) is 0 Å². The first kappa shape index (κ1) is 13.7. The molecule has 0 spiro atoms. The number of hydrogen-bond acceptors (Lipinski definition) is 3. The Bertz CT molecular complexity index is 729. The lowest BCUT2D eigenvalue weighted by Crippen LogP contribution is -2.00. The topological polar surface area (TPSA) is 44.9 Å². The number of fused-ring (bicyclic) bond motifs is 1. The molecule has 2 aromatic heterocycles. The first-order valence-electron chi connectivity index (χ1n) is 7.41. The zero-order valence-corrected chi connectivity index (χ0v) is 12.5.